The molecule has 7 nitrogen and oxygen atoms in total. The van der Waals surface area contributed by atoms with Crippen LogP contribution in [0.1, 0.15) is 18.2 Å². The normalized spacial score (nSPS) is 15.6. The standard InChI is InChI=1S/C27H27N3O4/c1-32-20-11-13-21(14-12-20)34-16-15-29-23-8-4-3-7-22(23)28-27(29)19-17-26(31)30(18-19)24-9-5-6-10-25(24)33-2/h3-14,19H,15-18H2,1-2H3/t19-/m1/s1. The topological polar surface area (TPSA) is 65.8 Å². The summed E-state index contributed by atoms with van der Waals surface area (Å²) in [4.78, 5) is 19.7. The summed E-state index contributed by atoms with van der Waals surface area (Å²) in [5, 5.41) is 0. The molecule has 0 unspecified atom stereocenters. The molecule has 7 heteroatoms. The average molecular weight is 458 g/mol. The molecule has 4 aromatic rings. The highest BCUT2D eigenvalue weighted by Crippen LogP contribution is 2.37. The van der Waals surface area contributed by atoms with Gasteiger partial charge in [0.25, 0.3) is 0 Å². The average Bonchev–Trinajstić information content (AvgIpc) is 3.45. The molecule has 34 heavy (non-hydrogen) atoms. The SMILES string of the molecule is COc1ccc(OCCn2c([C@@H]3CC(=O)N(c4ccccc4OC)C3)nc3ccccc32)cc1. The number of carbonyl (C=O) groups excluding carboxylic acids is 1. The lowest BCUT2D eigenvalue weighted by Crippen LogP contribution is -2.25. The van der Waals surface area contributed by atoms with Gasteiger partial charge in [-0.25, -0.2) is 4.98 Å². The van der Waals surface area contributed by atoms with Crippen LogP contribution in [0.2, 0.25) is 0 Å². The van der Waals surface area contributed by atoms with Gasteiger partial charge in [-0.05, 0) is 48.5 Å². The molecule has 1 aliphatic heterocycles. The quantitative estimate of drug-likeness (QED) is 0.385. The highest BCUT2D eigenvalue weighted by molar-refractivity contribution is 5.97. The van der Waals surface area contributed by atoms with Gasteiger partial charge in [-0.2, -0.15) is 0 Å². The number of aromatic nitrogens is 2. The number of fused-ring (bicyclic) bond motifs is 1. The highest BCUT2D eigenvalue weighted by atomic mass is 16.5. The first-order valence-electron chi connectivity index (χ1n) is 11.3. The van der Waals surface area contributed by atoms with E-state index >= 15 is 0 Å². The first kappa shape index (κ1) is 21.8. The maximum absolute atomic E-state index is 13.0. The second-order valence-electron chi connectivity index (χ2n) is 8.21. The van der Waals surface area contributed by atoms with Gasteiger partial charge in [0.15, 0.2) is 0 Å². The minimum absolute atomic E-state index is 0.0224. The zero-order chi connectivity index (χ0) is 23.5. The summed E-state index contributed by atoms with van der Waals surface area (Å²) in [5.41, 5.74) is 2.76. The molecule has 3 aromatic carbocycles. The molecular formula is C27H27N3O4. The molecule has 0 aliphatic carbocycles. The van der Waals surface area contributed by atoms with Crippen molar-refractivity contribution >= 4 is 22.6 Å². The summed E-state index contributed by atoms with van der Waals surface area (Å²) in [7, 11) is 3.27. The maximum Gasteiger partial charge on any atom is 0.227 e. The van der Waals surface area contributed by atoms with E-state index in [1.54, 1.807) is 19.1 Å². The molecule has 1 fully saturated rings. The predicted molar refractivity (Wildman–Crippen MR) is 131 cm³/mol. The largest absolute Gasteiger partial charge is 0.497 e. The fraction of sp³-hybridized carbons (Fsp3) is 0.259. The summed E-state index contributed by atoms with van der Waals surface area (Å²) in [6.07, 6.45) is 0.403. The molecule has 0 radical (unpaired) electrons. The molecule has 0 saturated carbocycles. The smallest absolute Gasteiger partial charge is 0.227 e. The molecule has 0 spiro atoms. The van der Waals surface area contributed by atoms with Crippen molar-refractivity contribution in [3.8, 4) is 17.2 Å². The second-order valence-corrected chi connectivity index (χ2v) is 8.21. The third-order valence-electron chi connectivity index (χ3n) is 6.19. The molecule has 5 rings (SSSR count). The Morgan fingerprint density at radius 2 is 1.65 bits per heavy atom. The highest BCUT2D eigenvalue weighted by Gasteiger charge is 2.35. The number of carbonyl (C=O) groups is 1. The number of hydrogen-bond donors (Lipinski definition) is 0. The van der Waals surface area contributed by atoms with Crippen LogP contribution >= 0.6 is 0 Å². The van der Waals surface area contributed by atoms with Gasteiger partial charge in [0, 0.05) is 18.9 Å². The third kappa shape index (κ3) is 4.17. The number of ether oxygens (including phenoxy) is 3. The van der Waals surface area contributed by atoms with Gasteiger partial charge in [0.2, 0.25) is 5.91 Å². The molecule has 1 saturated heterocycles. The zero-order valence-corrected chi connectivity index (χ0v) is 19.3. The van der Waals surface area contributed by atoms with Gasteiger partial charge in [-0.3, -0.25) is 4.79 Å². The Morgan fingerprint density at radius 3 is 2.44 bits per heavy atom. The van der Waals surface area contributed by atoms with Crippen LogP contribution < -0.4 is 19.1 Å². The van der Waals surface area contributed by atoms with Gasteiger partial charge in [-0.1, -0.05) is 24.3 Å². The van der Waals surface area contributed by atoms with Gasteiger partial charge in [0.1, 0.15) is 29.7 Å². The van der Waals surface area contributed by atoms with Crippen molar-refractivity contribution < 1.29 is 19.0 Å². The number of hydrogen-bond acceptors (Lipinski definition) is 5. The second kappa shape index (κ2) is 9.47. The van der Waals surface area contributed by atoms with Crippen molar-refractivity contribution in [1.29, 1.82) is 0 Å². The third-order valence-corrected chi connectivity index (χ3v) is 6.19. The zero-order valence-electron chi connectivity index (χ0n) is 19.3. The van der Waals surface area contributed by atoms with E-state index in [0.717, 1.165) is 34.0 Å². The van der Waals surface area contributed by atoms with E-state index in [1.165, 1.54) is 0 Å². The van der Waals surface area contributed by atoms with E-state index in [2.05, 4.69) is 10.6 Å². The fourth-order valence-corrected chi connectivity index (χ4v) is 4.53. The van der Waals surface area contributed by atoms with Crippen LogP contribution in [-0.4, -0.2) is 42.8 Å². The van der Waals surface area contributed by atoms with Crippen molar-refractivity contribution in [2.45, 2.75) is 18.9 Å². The van der Waals surface area contributed by atoms with Gasteiger partial charge in [0.05, 0.1) is 37.5 Å². The monoisotopic (exact) mass is 457 g/mol. The summed E-state index contributed by atoms with van der Waals surface area (Å²) >= 11 is 0. The minimum atomic E-state index is -0.0224. The predicted octanol–water partition coefficient (Wildman–Crippen LogP) is 4.65. The number of rotatable bonds is 8. The summed E-state index contributed by atoms with van der Waals surface area (Å²) < 4.78 is 18.9. The molecule has 1 amide bonds. The number of nitrogens with zero attached hydrogens (tertiary/aromatic N) is 3. The van der Waals surface area contributed by atoms with E-state index in [4.69, 9.17) is 19.2 Å². The molecule has 174 valence electrons. The Balaban J connectivity index is 1.39. The lowest BCUT2D eigenvalue weighted by atomic mass is 10.1. The molecule has 1 aromatic heterocycles. The van der Waals surface area contributed by atoms with E-state index < -0.39 is 0 Å². The number of imidazole rings is 1. The van der Waals surface area contributed by atoms with E-state index in [-0.39, 0.29) is 11.8 Å². The van der Waals surface area contributed by atoms with Crippen molar-refractivity contribution in [3.63, 3.8) is 0 Å². The summed E-state index contributed by atoms with van der Waals surface area (Å²) in [6.45, 7) is 1.67. The Labute approximate surface area is 198 Å². The molecule has 0 bridgehead atoms. The van der Waals surface area contributed by atoms with Crippen LogP contribution in [0.25, 0.3) is 11.0 Å². The first-order valence-corrected chi connectivity index (χ1v) is 11.3. The van der Waals surface area contributed by atoms with Gasteiger partial charge < -0.3 is 23.7 Å². The Morgan fingerprint density at radius 1 is 0.912 bits per heavy atom. The van der Waals surface area contributed by atoms with Crippen LogP contribution in [0, 0.1) is 0 Å². The van der Waals surface area contributed by atoms with Crippen LogP contribution in [0.5, 0.6) is 17.2 Å². The van der Waals surface area contributed by atoms with Gasteiger partial charge in [-0.15, -0.1) is 0 Å². The van der Waals surface area contributed by atoms with Crippen molar-refractivity contribution in [2.24, 2.45) is 0 Å². The number of benzene rings is 3. The molecular weight excluding hydrogens is 430 g/mol. The molecule has 0 N–H and O–H groups in total. The van der Waals surface area contributed by atoms with Crippen molar-refractivity contribution in [3.05, 3.63) is 78.6 Å². The first-order chi connectivity index (χ1) is 16.7. The lowest BCUT2D eigenvalue weighted by molar-refractivity contribution is -0.117. The maximum atomic E-state index is 13.0. The number of para-hydroxylation sites is 4. The van der Waals surface area contributed by atoms with Crippen molar-refractivity contribution in [2.75, 3.05) is 32.3 Å². The minimum Gasteiger partial charge on any atom is -0.497 e. The summed E-state index contributed by atoms with van der Waals surface area (Å²) in [6, 6.07) is 23.2. The molecule has 1 aliphatic rings. The lowest BCUT2D eigenvalue weighted by Gasteiger charge is -2.20. The Bertz CT molecular complexity index is 1300. The van der Waals surface area contributed by atoms with E-state index in [0.29, 0.717) is 31.9 Å². The number of anilines is 1. The van der Waals surface area contributed by atoms with E-state index in [1.807, 2.05) is 66.7 Å². The Hall–Kier alpha value is -4.00. The Kier molecular flexibility index (Phi) is 6.08. The number of methoxy groups -OCH3 is 2. The van der Waals surface area contributed by atoms with Crippen LogP contribution in [0.15, 0.2) is 72.8 Å². The summed E-state index contributed by atoms with van der Waals surface area (Å²) in [5.74, 6) is 3.22. The molecule has 2 heterocycles. The van der Waals surface area contributed by atoms with Crippen LogP contribution in [-0.2, 0) is 11.3 Å². The van der Waals surface area contributed by atoms with Gasteiger partial charge >= 0.3 is 0 Å². The van der Waals surface area contributed by atoms with Crippen molar-refractivity contribution in [1.82, 2.24) is 9.55 Å². The molecule has 1 atom stereocenters. The number of amides is 1. The van der Waals surface area contributed by atoms with Crippen LogP contribution in [0.4, 0.5) is 5.69 Å². The van der Waals surface area contributed by atoms with E-state index in [9.17, 15) is 4.79 Å². The van der Waals surface area contributed by atoms with Crippen LogP contribution in [0.3, 0.4) is 0 Å². The fourth-order valence-electron chi connectivity index (χ4n) is 4.53.